The molecule has 12 heteroatoms. The van der Waals surface area contributed by atoms with Gasteiger partial charge in [-0.15, -0.1) is 0 Å². The van der Waals surface area contributed by atoms with E-state index in [0.717, 1.165) is 17.5 Å². The second-order valence-electron chi connectivity index (χ2n) is 14.9. The summed E-state index contributed by atoms with van der Waals surface area (Å²) in [6, 6.07) is 15.9. The van der Waals surface area contributed by atoms with Crippen LogP contribution in [0.25, 0.3) is 5.65 Å². The number of ether oxygens (including phenoxy) is 3. The van der Waals surface area contributed by atoms with Crippen LogP contribution in [0.2, 0.25) is 0 Å². The Hall–Kier alpha value is -5.13. The van der Waals surface area contributed by atoms with Crippen LogP contribution in [0, 0.1) is 6.92 Å². The van der Waals surface area contributed by atoms with E-state index in [2.05, 4.69) is 10.4 Å². The van der Waals surface area contributed by atoms with Crippen LogP contribution >= 0.6 is 0 Å². The first-order valence-electron chi connectivity index (χ1n) is 18.0. The van der Waals surface area contributed by atoms with Crippen molar-refractivity contribution in [3.63, 3.8) is 0 Å². The molecule has 280 valence electrons. The number of fused-ring (bicyclic) bond motifs is 1. The average Bonchev–Trinajstić information content (AvgIpc) is 3.49. The quantitative estimate of drug-likeness (QED) is 0.201. The van der Waals surface area contributed by atoms with E-state index in [1.54, 1.807) is 78.8 Å². The van der Waals surface area contributed by atoms with Crippen molar-refractivity contribution >= 4 is 40.9 Å². The molecular weight excluding hydrogens is 660 g/mol. The highest BCUT2D eigenvalue weighted by molar-refractivity contribution is 6.05. The number of aryl methyl sites for hydroxylation is 1. The van der Waals surface area contributed by atoms with Gasteiger partial charge in [0, 0.05) is 29.4 Å². The van der Waals surface area contributed by atoms with Crippen LogP contribution in [0.4, 0.5) is 26.8 Å². The van der Waals surface area contributed by atoms with Crippen molar-refractivity contribution in [3.05, 3.63) is 77.5 Å². The van der Waals surface area contributed by atoms with Gasteiger partial charge in [-0.1, -0.05) is 51.5 Å². The lowest BCUT2D eigenvalue weighted by atomic mass is 10.1. The summed E-state index contributed by atoms with van der Waals surface area (Å²) in [4.78, 5) is 48.0. The van der Waals surface area contributed by atoms with Gasteiger partial charge in [0.15, 0.2) is 11.5 Å². The Kier molecular flexibility index (Phi) is 12.6. The highest BCUT2D eigenvalue weighted by Gasteiger charge is 2.32. The highest BCUT2D eigenvalue weighted by Crippen LogP contribution is 2.34. The van der Waals surface area contributed by atoms with Gasteiger partial charge in [-0.05, 0) is 97.6 Å². The number of rotatable bonds is 7. The summed E-state index contributed by atoms with van der Waals surface area (Å²) in [7, 11) is 0. The van der Waals surface area contributed by atoms with Gasteiger partial charge in [-0.3, -0.25) is 4.79 Å². The fourth-order valence-corrected chi connectivity index (χ4v) is 5.54. The number of anilines is 3. The molecular formula is C40H54N6O6. The summed E-state index contributed by atoms with van der Waals surface area (Å²) in [6.45, 7) is 21.8. The lowest BCUT2D eigenvalue weighted by molar-refractivity contribution is 0.00720. The number of nitrogens with zero attached hydrogens (tertiary/aromatic N) is 5. The number of hydrogen-bond acceptors (Lipinski definition) is 8. The first-order valence-corrected chi connectivity index (χ1v) is 18.0. The summed E-state index contributed by atoms with van der Waals surface area (Å²) < 4.78 is 19.6. The Morgan fingerprint density at radius 3 is 2.25 bits per heavy atom. The minimum absolute atomic E-state index is 0.0655. The summed E-state index contributed by atoms with van der Waals surface area (Å²) in [5.41, 5.74) is 2.40. The Balaban J connectivity index is 0.00000297. The molecule has 0 bridgehead atoms. The third-order valence-corrected chi connectivity index (χ3v) is 7.88. The van der Waals surface area contributed by atoms with Crippen molar-refractivity contribution in [2.75, 3.05) is 23.3 Å². The third kappa shape index (κ3) is 10.2. The van der Waals surface area contributed by atoms with E-state index >= 15 is 0 Å². The molecule has 0 spiro atoms. The molecule has 1 saturated heterocycles. The zero-order valence-electron chi connectivity index (χ0n) is 32.4. The maximum Gasteiger partial charge on any atom is 0.420 e. The second-order valence-corrected chi connectivity index (χ2v) is 14.9. The van der Waals surface area contributed by atoms with Gasteiger partial charge in [0.2, 0.25) is 5.88 Å². The van der Waals surface area contributed by atoms with Crippen molar-refractivity contribution in [1.29, 1.82) is 0 Å². The summed E-state index contributed by atoms with van der Waals surface area (Å²) in [6.07, 6.45) is 1.76. The van der Waals surface area contributed by atoms with Gasteiger partial charge in [0.05, 0.1) is 18.4 Å². The minimum Gasteiger partial charge on any atom is -0.472 e. The Bertz CT molecular complexity index is 1860. The van der Waals surface area contributed by atoms with Gasteiger partial charge in [-0.2, -0.15) is 14.6 Å². The fourth-order valence-electron chi connectivity index (χ4n) is 5.54. The van der Waals surface area contributed by atoms with E-state index in [0.29, 0.717) is 47.9 Å². The van der Waals surface area contributed by atoms with E-state index < -0.39 is 23.4 Å². The molecule has 1 aliphatic rings. The van der Waals surface area contributed by atoms with Crippen LogP contribution in [0.1, 0.15) is 109 Å². The number of amides is 3. The van der Waals surface area contributed by atoms with Crippen molar-refractivity contribution in [2.24, 2.45) is 0 Å². The summed E-state index contributed by atoms with van der Waals surface area (Å²) >= 11 is 0. The molecule has 1 N–H and O–H groups in total. The van der Waals surface area contributed by atoms with Gasteiger partial charge in [-0.25, -0.2) is 14.5 Å². The molecule has 4 aromatic rings. The fraction of sp³-hybridized carbons (Fsp3) is 0.475. The predicted octanol–water partition coefficient (Wildman–Crippen LogP) is 9.29. The van der Waals surface area contributed by atoms with Crippen LogP contribution in [-0.4, -0.2) is 68.0 Å². The molecule has 5 rings (SSSR count). The average molecular weight is 715 g/mol. The Morgan fingerprint density at radius 2 is 1.62 bits per heavy atom. The molecule has 3 heterocycles. The van der Waals surface area contributed by atoms with E-state index in [1.807, 2.05) is 67.5 Å². The highest BCUT2D eigenvalue weighted by atomic mass is 16.6. The largest absolute Gasteiger partial charge is 0.472 e. The minimum atomic E-state index is -0.821. The second kappa shape index (κ2) is 16.5. The van der Waals surface area contributed by atoms with Gasteiger partial charge < -0.3 is 24.4 Å². The van der Waals surface area contributed by atoms with Crippen LogP contribution in [0.5, 0.6) is 5.88 Å². The zero-order chi connectivity index (χ0) is 38.4. The maximum atomic E-state index is 14.1. The molecule has 1 fully saturated rings. The number of hydrogen-bond donors (Lipinski definition) is 1. The number of likely N-dealkylation sites (tertiary alicyclic amines) is 1. The Labute approximate surface area is 307 Å². The van der Waals surface area contributed by atoms with Gasteiger partial charge >= 0.3 is 12.2 Å². The maximum absolute atomic E-state index is 14.1. The molecule has 52 heavy (non-hydrogen) atoms. The van der Waals surface area contributed by atoms with Crippen molar-refractivity contribution in [3.8, 4) is 5.88 Å². The molecule has 0 radical (unpaired) electrons. The lowest BCUT2D eigenvalue weighted by Gasteiger charge is -2.34. The molecule has 3 amide bonds. The SMILES string of the molecule is CC.Cc1ccc(C(=O)Nc2cccc(N(C(=O)OC(C)(C)C)c3cc(OC4CCCN(C(=O)OC(C)(C)C)C4)nc4c(C(C)C)cnn34)c2)cc1. The first kappa shape index (κ1) is 39.7. The first-order chi connectivity index (χ1) is 24.5. The standard InChI is InChI=1S/C38H48N6O6.C2H6/c1-24(2)30-22-39-44-32(21-31(41-33(30)44)48-29-14-11-19-42(23-29)35(46)49-37(4,5)6)43(36(47)50-38(7,8)9)28-13-10-12-27(20-28)40-34(45)26-17-15-25(3)16-18-26;1-2/h10,12-13,15-18,20-22,24,29H,11,14,19,23H2,1-9H3,(H,40,45);1-2H3. The van der Waals surface area contributed by atoms with Gasteiger partial charge in [0.25, 0.3) is 5.91 Å². The topological polar surface area (TPSA) is 128 Å². The normalized spacial score (nSPS) is 14.7. The molecule has 12 nitrogen and oxygen atoms in total. The molecule has 2 aromatic heterocycles. The van der Waals surface area contributed by atoms with E-state index in [9.17, 15) is 14.4 Å². The van der Waals surface area contributed by atoms with Crippen LogP contribution in [-0.2, 0) is 9.47 Å². The lowest BCUT2D eigenvalue weighted by Crippen LogP contribution is -2.46. The molecule has 0 aliphatic carbocycles. The molecule has 1 atom stereocenters. The van der Waals surface area contributed by atoms with E-state index in [1.165, 1.54) is 4.90 Å². The smallest absolute Gasteiger partial charge is 0.420 e. The van der Waals surface area contributed by atoms with Crippen LogP contribution < -0.4 is 15.0 Å². The molecule has 1 unspecified atom stereocenters. The molecule has 2 aromatic carbocycles. The van der Waals surface area contributed by atoms with Crippen molar-refractivity contribution in [2.45, 2.75) is 112 Å². The monoisotopic (exact) mass is 714 g/mol. The summed E-state index contributed by atoms with van der Waals surface area (Å²) in [5, 5.41) is 7.59. The predicted molar refractivity (Wildman–Crippen MR) is 204 cm³/mol. The molecule has 0 saturated carbocycles. The van der Waals surface area contributed by atoms with Crippen LogP contribution in [0.15, 0.2) is 60.8 Å². The number of piperidine rings is 1. The van der Waals surface area contributed by atoms with Crippen molar-refractivity contribution in [1.82, 2.24) is 19.5 Å². The number of aromatic nitrogens is 3. The number of carbonyl (C=O) groups excluding carboxylic acids is 3. The molecule has 1 aliphatic heterocycles. The van der Waals surface area contributed by atoms with E-state index in [4.69, 9.17) is 19.2 Å². The van der Waals surface area contributed by atoms with Crippen LogP contribution in [0.3, 0.4) is 0 Å². The Morgan fingerprint density at radius 1 is 0.942 bits per heavy atom. The van der Waals surface area contributed by atoms with E-state index in [-0.39, 0.29) is 23.8 Å². The zero-order valence-corrected chi connectivity index (χ0v) is 32.4. The van der Waals surface area contributed by atoms with Gasteiger partial charge in [0.1, 0.15) is 17.3 Å². The number of benzene rings is 2. The third-order valence-electron chi connectivity index (χ3n) is 7.88. The van der Waals surface area contributed by atoms with Crippen molar-refractivity contribution < 1.29 is 28.6 Å². The summed E-state index contributed by atoms with van der Waals surface area (Å²) in [5.74, 6) is 0.376. The number of carbonyl (C=O) groups is 3. The number of nitrogens with one attached hydrogen (secondary N) is 1.